The van der Waals surface area contributed by atoms with Gasteiger partial charge in [-0.25, -0.2) is 9.13 Å². The zero-order valence-corrected chi connectivity index (χ0v) is 63.6. The summed E-state index contributed by atoms with van der Waals surface area (Å²) >= 11 is 0. The number of rotatable bonds is 69. The molecule has 0 aromatic heterocycles. The van der Waals surface area contributed by atoms with E-state index in [9.17, 15) is 43.2 Å². The molecule has 0 rings (SSSR count). The van der Waals surface area contributed by atoms with E-state index in [1.54, 1.807) is 0 Å². The van der Waals surface area contributed by atoms with Crippen molar-refractivity contribution in [3.8, 4) is 0 Å². The number of esters is 4. The summed E-state index contributed by atoms with van der Waals surface area (Å²) in [5.74, 6) is -2.32. The van der Waals surface area contributed by atoms with Gasteiger partial charge >= 0.3 is 39.5 Å². The summed E-state index contributed by atoms with van der Waals surface area (Å²) in [6.45, 7) is 4.33. The zero-order valence-electron chi connectivity index (χ0n) is 61.8. The van der Waals surface area contributed by atoms with E-state index in [0.29, 0.717) is 38.5 Å². The van der Waals surface area contributed by atoms with Gasteiger partial charge in [0.1, 0.15) is 19.3 Å². The Morgan fingerprint density at radius 1 is 0.290 bits per heavy atom. The average molecular weight is 1440 g/mol. The van der Waals surface area contributed by atoms with Crippen LogP contribution in [0.15, 0.2) is 158 Å². The van der Waals surface area contributed by atoms with Crippen LogP contribution < -0.4 is 0 Å². The first-order valence-corrected chi connectivity index (χ1v) is 40.7. The summed E-state index contributed by atoms with van der Waals surface area (Å²) in [6.07, 6.45) is 82.6. The van der Waals surface area contributed by atoms with Crippen molar-refractivity contribution in [2.24, 2.45) is 0 Å². The second-order valence-corrected chi connectivity index (χ2v) is 27.3. The molecular weight excluding hydrogens is 1310 g/mol. The van der Waals surface area contributed by atoms with Crippen molar-refractivity contribution in [2.75, 3.05) is 39.6 Å². The van der Waals surface area contributed by atoms with Crippen LogP contribution in [0.1, 0.15) is 272 Å². The Kier molecular flexibility index (Phi) is 68.2. The minimum Gasteiger partial charge on any atom is -0.462 e. The van der Waals surface area contributed by atoms with Gasteiger partial charge < -0.3 is 33.8 Å². The number of ether oxygens (including phenoxy) is 4. The highest BCUT2D eigenvalue weighted by atomic mass is 31.2. The van der Waals surface area contributed by atoms with Crippen LogP contribution in [-0.4, -0.2) is 96.7 Å². The number of hydrogen-bond donors (Lipinski definition) is 3. The van der Waals surface area contributed by atoms with E-state index in [1.165, 1.54) is 12.8 Å². The molecule has 0 fully saturated rings. The Morgan fingerprint density at radius 3 is 0.870 bits per heavy atom. The van der Waals surface area contributed by atoms with E-state index >= 15 is 0 Å². The lowest BCUT2D eigenvalue weighted by Crippen LogP contribution is -2.30. The molecule has 100 heavy (non-hydrogen) atoms. The summed E-state index contributed by atoms with van der Waals surface area (Å²) in [5, 5.41) is 10.6. The number of aliphatic hydroxyl groups is 1. The Hall–Kier alpha value is -5.32. The number of carbonyl (C=O) groups is 4. The van der Waals surface area contributed by atoms with Crippen LogP contribution in [0.5, 0.6) is 0 Å². The van der Waals surface area contributed by atoms with Gasteiger partial charge in [0, 0.05) is 25.7 Å². The maximum atomic E-state index is 13.1. The number of aliphatic hydroxyl groups excluding tert-OH is 1. The summed E-state index contributed by atoms with van der Waals surface area (Å²) in [7, 11) is -9.99. The van der Waals surface area contributed by atoms with Crippen LogP contribution >= 0.6 is 15.6 Å². The molecule has 17 nitrogen and oxygen atoms in total. The Bertz CT molecular complexity index is 2520. The predicted octanol–water partition coefficient (Wildman–Crippen LogP) is 21.7. The number of allylic oxidation sites excluding steroid dienone is 26. The molecule has 0 heterocycles. The number of phosphoric acid groups is 2. The van der Waals surface area contributed by atoms with Crippen LogP contribution in [0.2, 0.25) is 0 Å². The van der Waals surface area contributed by atoms with Crippen molar-refractivity contribution in [3.63, 3.8) is 0 Å². The highest BCUT2D eigenvalue weighted by Gasteiger charge is 2.30. The van der Waals surface area contributed by atoms with Gasteiger partial charge in [0.25, 0.3) is 0 Å². The second kappa shape index (κ2) is 72.0. The van der Waals surface area contributed by atoms with Gasteiger partial charge in [-0.3, -0.25) is 37.3 Å². The topological polar surface area (TPSA) is 237 Å². The molecule has 568 valence electrons. The SMILES string of the molecule is CC/C=C\C/C=C\C/C=C\C/C=C\C/C=C\CCCC(=O)OCC(COP(=O)(O)OCC(O)COP(=O)(O)OCC(COC(=O)CCCCCCCCC/C=C\C/C=C\C/C=C\CC)OC(=O)CCCC/C=C\C/C=C\C/C=C\C/C=C\CC)OC(=O)CCCCCCC/C=C\CCCC. The van der Waals surface area contributed by atoms with Crippen LogP contribution in [0.25, 0.3) is 0 Å². The number of carbonyl (C=O) groups excluding carboxylic acids is 4. The first-order valence-electron chi connectivity index (χ1n) is 37.7. The van der Waals surface area contributed by atoms with Gasteiger partial charge in [-0.15, -0.1) is 0 Å². The second-order valence-electron chi connectivity index (χ2n) is 24.4. The van der Waals surface area contributed by atoms with E-state index < -0.39 is 97.5 Å². The van der Waals surface area contributed by atoms with Crippen molar-refractivity contribution in [1.29, 1.82) is 0 Å². The van der Waals surface area contributed by atoms with Gasteiger partial charge in [-0.1, -0.05) is 250 Å². The molecule has 0 radical (unpaired) electrons. The van der Waals surface area contributed by atoms with Crippen molar-refractivity contribution in [3.05, 3.63) is 158 Å². The third kappa shape index (κ3) is 71.1. The van der Waals surface area contributed by atoms with E-state index in [1.807, 2.05) is 12.2 Å². The molecule has 5 unspecified atom stereocenters. The van der Waals surface area contributed by atoms with Crippen LogP contribution in [0.4, 0.5) is 0 Å². The predicted molar refractivity (Wildman–Crippen MR) is 408 cm³/mol. The molecule has 0 saturated carbocycles. The van der Waals surface area contributed by atoms with E-state index in [0.717, 1.165) is 167 Å². The Balaban J connectivity index is 5.43. The fourth-order valence-corrected chi connectivity index (χ4v) is 10.9. The lowest BCUT2D eigenvalue weighted by molar-refractivity contribution is -0.161. The van der Waals surface area contributed by atoms with E-state index in [4.69, 9.17) is 37.0 Å². The molecular formula is C81H132O17P2. The van der Waals surface area contributed by atoms with Crippen molar-refractivity contribution >= 4 is 39.5 Å². The minimum atomic E-state index is -5.00. The van der Waals surface area contributed by atoms with Crippen molar-refractivity contribution in [1.82, 2.24) is 0 Å². The molecule has 0 saturated heterocycles. The lowest BCUT2D eigenvalue weighted by Gasteiger charge is -2.21. The van der Waals surface area contributed by atoms with Gasteiger partial charge in [0.15, 0.2) is 12.2 Å². The average Bonchev–Trinajstić information content (AvgIpc) is 0.989. The van der Waals surface area contributed by atoms with Gasteiger partial charge in [-0.05, 0) is 154 Å². The Labute approximate surface area is 604 Å². The molecule has 0 aliphatic rings. The molecule has 5 atom stereocenters. The molecule has 0 amide bonds. The molecule has 0 aliphatic heterocycles. The van der Waals surface area contributed by atoms with Crippen molar-refractivity contribution < 1.29 is 80.2 Å². The monoisotopic (exact) mass is 1440 g/mol. The van der Waals surface area contributed by atoms with E-state index in [2.05, 4.69) is 174 Å². The highest BCUT2D eigenvalue weighted by Crippen LogP contribution is 2.45. The third-order valence-corrected chi connectivity index (χ3v) is 16.9. The fraction of sp³-hybridized carbons (Fsp3) is 0.630. The summed E-state index contributed by atoms with van der Waals surface area (Å²) < 4.78 is 68.3. The zero-order chi connectivity index (χ0) is 73.2. The summed E-state index contributed by atoms with van der Waals surface area (Å²) in [5.41, 5.74) is 0. The Morgan fingerprint density at radius 2 is 0.530 bits per heavy atom. The van der Waals surface area contributed by atoms with Crippen LogP contribution in [0.3, 0.4) is 0 Å². The van der Waals surface area contributed by atoms with E-state index in [-0.39, 0.29) is 25.7 Å². The van der Waals surface area contributed by atoms with Crippen molar-refractivity contribution in [2.45, 2.75) is 290 Å². The normalized spacial score (nSPS) is 14.8. The maximum absolute atomic E-state index is 13.1. The standard InChI is InChI=1S/C81H132O17P2/c1-5-9-13-17-21-25-29-32-35-37-40-42-46-49-53-57-61-65-78(83)91-71-76(97-80(85)67-63-59-55-51-45-28-24-20-16-12-8-4)73-95-99(87,88)93-69-75(82)70-94-100(89,90)96-74-77(98-81(86)68-64-60-56-52-48-44-39-34-31-27-23-19-15-11-7-3)72-92-79(84)66-62-58-54-50-47-43-41-38-36-33-30-26-22-18-14-10-6-2/h9-11,13-15,20-27,32-36,39-40,42,48-49,52-53,75-77,82H,5-8,12,16-19,28-31,37-38,41,43-47,50-51,54-74H2,1-4H3,(H,87,88)(H,89,90)/b13-9-,14-10-,15-11-,24-20-,25-21-,26-22-,27-23-,35-32-,36-33-,39-34-,42-40-,52-48-,53-49-. The largest absolute Gasteiger partial charge is 0.472 e. The molecule has 0 aromatic carbocycles. The molecule has 3 N–H and O–H groups in total. The number of phosphoric ester groups is 2. The highest BCUT2D eigenvalue weighted by molar-refractivity contribution is 7.47. The maximum Gasteiger partial charge on any atom is 0.472 e. The smallest absolute Gasteiger partial charge is 0.462 e. The van der Waals surface area contributed by atoms with Crippen LogP contribution in [0, 0.1) is 0 Å². The minimum absolute atomic E-state index is 0.0341. The van der Waals surface area contributed by atoms with Gasteiger partial charge in [0.2, 0.25) is 0 Å². The first-order chi connectivity index (χ1) is 48.7. The third-order valence-electron chi connectivity index (χ3n) is 15.0. The summed E-state index contributed by atoms with van der Waals surface area (Å²) in [4.78, 5) is 72.8. The molecule has 0 bridgehead atoms. The van der Waals surface area contributed by atoms with Gasteiger partial charge in [-0.2, -0.15) is 0 Å². The number of hydrogen-bond acceptors (Lipinski definition) is 15. The molecule has 0 aromatic rings. The fourth-order valence-electron chi connectivity index (χ4n) is 9.30. The first kappa shape index (κ1) is 94.7. The summed E-state index contributed by atoms with van der Waals surface area (Å²) in [6, 6.07) is 0. The molecule has 0 spiro atoms. The van der Waals surface area contributed by atoms with Crippen LogP contribution in [-0.2, 0) is 65.4 Å². The van der Waals surface area contributed by atoms with Gasteiger partial charge in [0.05, 0.1) is 26.4 Å². The molecule has 0 aliphatic carbocycles. The molecule has 19 heteroatoms. The number of unbranched alkanes of at least 4 members (excludes halogenated alkanes) is 17. The quantitative estimate of drug-likeness (QED) is 0.0169. The lowest BCUT2D eigenvalue weighted by atomic mass is 10.1.